The Morgan fingerprint density at radius 2 is 0.704 bits per heavy atom. The monoisotopic (exact) mass is 467 g/mol. The van der Waals surface area contributed by atoms with E-state index < -0.39 is 16.1 Å². The Labute approximate surface area is 180 Å². The summed E-state index contributed by atoms with van der Waals surface area (Å²) < 4.78 is 20.4. The second kappa shape index (κ2) is 28.8. The molecule has 0 aliphatic rings. The summed E-state index contributed by atoms with van der Waals surface area (Å²) >= 11 is 0. The molecule has 2 atom stereocenters. The van der Waals surface area contributed by atoms with E-state index in [2.05, 4.69) is 13.8 Å². The van der Waals surface area contributed by atoms with Crippen LogP contribution in [0.3, 0.4) is 0 Å². The Morgan fingerprint density at radius 3 is 0.926 bits per heavy atom. The van der Waals surface area contributed by atoms with E-state index in [1.165, 1.54) is 77.0 Å². The molecule has 27 heavy (non-hydrogen) atoms. The predicted octanol–water partition coefficient (Wildman–Crippen LogP) is 6.46. The molecular formula is C20H42CoO4P2+2. The van der Waals surface area contributed by atoms with E-state index in [0.717, 1.165) is 25.7 Å². The zero-order valence-corrected chi connectivity index (χ0v) is 20.4. The average Bonchev–Trinajstić information content (AvgIpc) is 2.60. The first kappa shape index (κ1) is 32.3. The van der Waals surface area contributed by atoms with Crippen molar-refractivity contribution in [2.75, 3.05) is 12.3 Å². The molecule has 0 amide bonds. The fourth-order valence-corrected chi connectivity index (χ4v) is 3.71. The molecule has 7 heteroatoms. The molecule has 0 saturated heterocycles. The molecule has 0 aromatic rings. The van der Waals surface area contributed by atoms with Crippen LogP contribution in [0, 0.1) is 0 Å². The quantitative estimate of drug-likeness (QED) is 0.171. The average molecular weight is 467 g/mol. The predicted molar refractivity (Wildman–Crippen MR) is 110 cm³/mol. The van der Waals surface area contributed by atoms with E-state index in [0.29, 0.717) is 12.3 Å². The van der Waals surface area contributed by atoms with Crippen LogP contribution in [0.2, 0.25) is 0 Å². The van der Waals surface area contributed by atoms with Crippen LogP contribution < -0.4 is 9.79 Å². The fraction of sp³-hybridized carbons (Fsp3) is 1.00. The Bertz CT molecular complexity index is 288. The van der Waals surface area contributed by atoms with E-state index in [1.54, 1.807) is 0 Å². The minimum Gasteiger partial charge on any atom is -0.596 e. The molecule has 0 aliphatic heterocycles. The second-order valence-electron chi connectivity index (χ2n) is 7.06. The van der Waals surface area contributed by atoms with Crippen LogP contribution in [0.15, 0.2) is 0 Å². The number of rotatable bonds is 18. The molecule has 0 N–H and O–H groups in total. The molecule has 0 spiro atoms. The van der Waals surface area contributed by atoms with Gasteiger partial charge >= 0.3 is 32.8 Å². The molecule has 0 saturated carbocycles. The van der Waals surface area contributed by atoms with Crippen LogP contribution in [0.1, 0.15) is 117 Å². The third-order valence-electron chi connectivity index (χ3n) is 4.39. The van der Waals surface area contributed by atoms with Gasteiger partial charge < -0.3 is 9.79 Å². The van der Waals surface area contributed by atoms with Crippen molar-refractivity contribution in [1.29, 1.82) is 0 Å². The minimum atomic E-state index is -2.13. The van der Waals surface area contributed by atoms with E-state index in [-0.39, 0.29) is 16.8 Å². The molecular weight excluding hydrogens is 425 g/mol. The van der Waals surface area contributed by atoms with Crippen molar-refractivity contribution >= 4 is 16.1 Å². The normalized spacial score (nSPS) is 11.3. The summed E-state index contributed by atoms with van der Waals surface area (Å²) in [7, 11) is -4.26. The van der Waals surface area contributed by atoms with Crippen LogP contribution in [0.25, 0.3) is 0 Å². The summed E-state index contributed by atoms with van der Waals surface area (Å²) in [6, 6.07) is 0. The van der Waals surface area contributed by atoms with Crippen molar-refractivity contribution in [2.45, 2.75) is 117 Å². The van der Waals surface area contributed by atoms with Crippen LogP contribution in [-0.2, 0) is 25.9 Å². The van der Waals surface area contributed by atoms with Gasteiger partial charge in [-0.25, -0.2) is 0 Å². The molecule has 0 aliphatic carbocycles. The van der Waals surface area contributed by atoms with Crippen molar-refractivity contribution < 1.29 is 35.7 Å². The topological polar surface area (TPSA) is 80.3 Å². The molecule has 0 aromatic carbocycles. The molecule has 0 fully saturated rings. The smallest absolute Gasteiger partial charge is 0.596 e. The Kier molecular flexibility index (Phi) is 34.5. The van der Waals surface area contributed by atoms with Crippen molar-refractivity contribution in [1.82, 2.24) is 0 Å². The van der Waals surface area contributed by atoms with Crippen molar-refractivity contribution in [2.24, 2.45) is 0 Å². The zero-order valence-electron chi connectivity index (χ0n) is 17.6. The summed E-state index contributed by atoms with van der Waals surface area (Å²) in [5.74, 6) is 0. The molecule has 2 unspecified atom stereocenters. The molecule has 0 aromatic heterocycles. The SMILES string of the molecule is CCCCCCCCCC[P+](=O)[O-].CCCCCCCCCC[P+](=O)[O-].[Co+2]. The zero-order chi connectivity index (χ0) is 19.9. The molecule has 4 nitrogen and oxygen atoms in total. The maximum Gasteiger partial charge on any atom is 2.00 e. The van der Waals surface area contributed by atoms with Crippen LogP contribution in [0.4, 0.5) is 0 Å². The van der Waals surface area contributed by atoms with Crippen molar-refractivity contribution in [3.05, 3.63) is 0 Å². The first-order valence-electron chi connectivity index (χ1n) is 10.8. The standard InChI is InChI=1S/2C10H21O2P.Co/c2*1-2-3-4-5-6-7-8-9-10-13(11)12;/h2*2-10H2,1H3;/q;;+2. The van der Waals surface area contributed by atoms with E-state index >= 15 is 0 Å². The molecule has 0 rings (SSSR count). The molecule has 163 valence electrons. The maximum atomic E-state index is 10.2. The van der Waals surface area contributed by atoms with Crippen molar-refractivity contribution in [3.63, 3.8) is 0 Å². The van der Waals surface area contributed by atoms with Crippen LogP contribution in [0.5, 0.6) is 0 Å². The molecule has 0 bridgehead atoms. The van der Waals surface area contributed by atoms with Gasteiger partial charge in [-0.2, -0.15) is 0 Å². The first-order valence-corrected chi connectivity index (χ1v) is 13.5. The van der Waals surface area contributed by atoms with Gasteiger partial charge in [0.25, 0.3) is 0 Å². The van der Waals surface area contributed by atoms with Gasteiger partial charge in [0, 0.05) is 0 Å². The van der Waals surface area contributed by atoms with Gasteiger partial charge in [0.1, 0.15) is 12.3 Å². The Morgan fingerprint density at radius 1 is 0.481 bits per heavy atom. The summed E-state index contributed by atoms with van der Waals surface area (Å²) in [4.78, 5) is 20.4. The van der Waals surface area contributed by atoms with Gasteiger partial charge in [-0.1, -0.05) is 100 Å². The van der Waals surface area contributed by atoms with Gasteiger partial charge in [0.05, 0.1) is 0 Å². The minimum absolute atomic E-state index is 0. The van der Waals surface area contributed by atoms with Gasteiger partial charge in [-0.15, -0.1) is 0 Å². The second-order valence-corrected chi connectivity index (χ2v) is 9.29. The van der Waals surface area contributed by atoms with Gasteiger partial charge in [0.2, 0.25) is 0 Å². The number of unbranched alkanes of at least 4 members (excludes halogenated alkanes) is 14. The first-order chi connectivity index (χ1) is 12.5. The summed E-state index contributed by atoms with van der Waals surface area (Å²) in [6.07, 6.45) is 20.1. The maximum absolute atomic E-state index is 10.2. The van der Waals surface area contributed by atoms with Crippen molar-refractivity contribution in [3.8, 4) is 0 Å². The van der Waals surface area contributed by atoms with E-state index in [9.17, 15) is 18.9 Å². The fourth-order valence-electron chi connectivity index (χ4n) is 2.75. The Balaban J connectivity index is -0.000000411. The molecule has 1 radical (unpaired) electrons. The summed E-state index contributed by atoms with van der Waals surface area (Å²) in [5, 5.41) is 0. The molecule has 0 heterocycles. The number of hydrogen-bond donors (Lipinski definition) is 0. The van der Waals surface area contributed by atoms with Crippen LogP contribution >= 0.6 is 16.1 Å². The number of hydrogen-bond acceptors (Lipinski definition) is 4. The third kappa shape index (κ3) is 38.0. The summed E-state index contributed by atoms with van der Waals surface area (Å²) in [6.45, 7) is 4.43. The van der Waals surface area contributed by atoms with Crippen LogP contribution in [-0.4, -0.2) is 12.3 Å². The summed E-state index contributed by atoms with van der Waals surface area (Å²) in [5.41, 5.74) is 0. The van der Waals surface area contributed by atoms with E-state index in [4.69, 9.17) is 0 Å². The Hall–Kier alpha value is 0.626. The largest absolute Gasteiger partial charge is 2.00 e. The van der Waals surface area contributed by atoms with Gasteiger partial charge in [-0.3, -0.25) is 0 Å². The van der Waals surface area contributed by atoms with Gasteiger partial charge in [0.15, 0.2) is 0 Å². The third-order valence-corrected chi connectivity index (χ3v) is 5.75. The van der Waals surface area contributed by atoms with E-state index in [1.807, 2.05) is 0 Å². The van der Waals surface area contributed by atoms with Gasteiger partial charge in [-0.05, 0) is 25.7 Å².